The van der Waals surface area contributed by atoms with Gasteiger partial charge < -0.3 is 4.52 Å². The number of aryl methyl sites for hydroxylation is 2. The first-order chi connectivity index (χ1) is 10.2. The number of hydrogen-bond acceptors (Lipinski definition) is 4. The Labute approximate surface area is 126 Å². The summed E-state index contributed by atoms with van der Waals surface area (Å²) in [6.45, 7) is 6.01. The molecule has 4 nitrogen and oxygen atoms in total. The van der Waals surface area contributed by atoms with Gasteiger partial charge in [0.1, 0.15) is 0 Å². The third-order valence-corrected chi connectivity index (χ3v) is 4.15. The van der Waals surface area contributed by atoms with Crippen LogP contribution in [-0.4, -0.2) is 21.6 Å². The molecule has 0 aromatic carbocycles. The van der Waals surface area contributed by atoms with Crippen LogP contribution in [0.4, 0.5) is 0 Å². The molecule has 2 aromatic rings. The summed E-state index contributed by atoms with van der Waals surface area (Å²) in [6.07, 6.45) is 4.93. The van der Waals surface area contributed by atoms with Gasteiger partial charge in [0.2, 0.25) is 0 Å². The monoisotopic (exact) mass is 285 g/mol. The zero-order chi connectivity index (χ0) is 14.7. The summed E-state index contributed by atoms with van der Waals surface area (Å²) in [5, 5.41) is 4.06. The molecule has 0 amide bonds. The van der Waals surface area contributed by atoms with Crippen molar-refractivity contribution in [1.82, 2.24) is 15.0 Å². The predicted molar refractivity (Wildman–Crippen MR) is 81.8 cm³/mol. The maximum atomic E-state index is 5.54. The Hall–Kier alpha value is -1.68. The van der Waals surface area contributed by atoms with Gasteiger partial charge in [-0.25, -0.2) is 0 Å². The molecule has 3 heterocycles. The summed E-state index contributed by atoms with van der Waals surface area (Å²) >= 11 is 0. The highest BCUT2D eigenvalue weighted by Crippen LogP contribution is 2.31. The van der Waals surface area contributed by atoms with Crippen molar-refractivity contribution in [2.75, 3.05) is 6.54 Å². The molecule has 1 saturated heterocycles. The van der Waals surface area contributed by atoms with E-state index in [0.717, 1.165) is 42.4 Å². The zero-order valence-corrected chi connectivity index (χ0v) is 12.9. The minimum Gasteiger partial charge on any atom is -0.359 e. The maximum Gasteiger partial charge on any atom is 0.154 e. The van der Waals surface area contributed by atoms with Crippen LogP contribution in [0.15, 0.2) is 28.8 Å². The number of aromatic nitrogens is 2. The van der Waals surface area contributed by atoms with E-state index < -0.39 is 0 Å². The second-order valence-corrected chi connectivity index (χ2v) is 5.98. The second kappa shape index (κ2) is 6.39. The number of hydrogen-bond donors (Lipinski definition) is 0. The molecule has 0 aliphatic carbocycles. The Morgan fingerprint density at radius 3 is 2.86 bits per heavy atom. The van der Waals surface area contributed by atoms with E-state index in [1.165, 1.54) is 19.3 Å². The normalized spacial score (nSPS) is 20.4. The van der Waals surface area contributed by atoms with E-state index in [0.29, 0.717) is 6.04 Å². The first kappa shape index (κ1) is 14.3. The van der Waals surface area contributed by atoms with E-state index in [2.05, 4.69) is 33.2 Å². The van der Waals surface area contributed by atoms with Crippen molar-refractivity contribution >= 4 is 0 Å². The van der Waals surface area contributed by atoms with Crippen LogP contribution in [0.1, 0.15) is 54.6 Å². The lowest BCUT2D eigenvalue weighted by Gasteiger charge is -2.27. The summed E-state index contributed by atoms with van der Waals surface area (Å²) in [5.74, 6) is 1.00. The molecule has 1 aliphatic rings. The quantitative estimate of drug-likeness (QED) is 0.860. The van der Waals surface area contributed by atoms with Crippen molar-refractivity contribution < 1.29 is 4.52 Å². The largest absolute Gasteiger partial charge is 0.359 e. The summed E-state index contributed by atoms with van der Waals surface area (Å²) in [6, 6.07) is 8.65. The molecule has 0 unspecified atom stereocenters. The average Bonchev–Trinajstić information content (AvgIpc) is 2.75. The molecule has 21 heavy (non-hydrogen) atoms. The van der Waals surface area contributed by atoms with Crippen molar-refractivity contribution in [3.8, 4) is 0 Å². The van der Waals surface area contributed by atoms with Gasteiger partial charge in [-0.15, -0.1) is 0 Å². The van der Waals surface area contributed by atoms with Crippen LogP contribution in [-0.2, 0) is 6.54 Å². The summed E-state index contributed by atoms with van der Waals surface area (Å²) < 4.78 is 5.54. The topological polar surface area (TPSA) is 42.2 Å². The van der Waals surface area contributed by atoms with Crippen LogP contribution in [0, 0.1) is 13.8 Å². The zero-order valence-electron chi connectivity index (χ0n) is 12.9. The SMILES string of the molecule is Cc1cc([C@@H]2CCCCCN2Cc2cccc(C)n2)on1. The summed E-state index contributed by atoms with van der Waals surface area (Å²) in [7, 11) is 0. The minimum absolute atomic E-state index is 0.330. The van der Waals surface area contributed by atoms with E-state index >= 15 is 0 Å². The summed E-state index contributed by atoms with van der Waals surface area (Å²) in [4.78, 5) is 7.14. The number of likely N-dealkylation sites (tertiary alicyclic amines) is 1. The maximum absolute atomic E-state index is 5.54. The fourth-order valence-electron chi connectivity index (χ4n) is 3.12. The Morgan fingerprint density at radius 1 is 1.19 bits per heavy atom. The van der Waals surface area contributed by atoms with E-state index in [4.69, 9.17) is 4.52 Å². The highest BCUT2D eigenvalue weighted by atomic mass is 16.5. The number of pyridine rings is 1. The first-order valence-electron chi connectivity index (χ1n) is 7.82. The van der Waals surface area contributed by atoms with Crippen LogP contribution >= 0.6 is 0 Å². The van der Waals surface area contributed by atoms with Gasteiger partial charge in [0.15, 0.2) is 5.76 Å². The smallest absolute Gasteiger partial charge is 0.154 e. The van der Waals surface area contributed by atoms with Crippen LogP contribution < -0.4 is 0 Å². The molecule has 112 valence electrons. The Kier molecular flexibility index (Phi) is 4.34. The average molecular weight is 285 g/mol. The molecule has 2 aromatic heterocycles. The second-order valence-electron chi connectivity index (χ2n) is 5.98. The van der Waals surface area contributed by atoms with E-state index in [9.17, 15) is 0 Å². The molecule has 1 atom stereocenters. The fourth-order valence-corrected chi connectivity index (χ4v) is 3.12. The summed E-state index contributed by atoms with van der Waals surface area (Å²) in [5.41, 5.74) is 3.18. The van der Waals surface area contributed by atoms with Crippen molar-refractivity contribution in [1.29, 1.82) is 0 Å². The molecule has 0 bridgehead atoms. The van der Waals surface area contributed by atoms with E-state index in [1.807, 2.05) is 19.9 Å². The van der Waals surface area contributed by atoms with Crippen molar-refractivity contribution in [2.45, 2.75) is 52.1 Å². The highest BCUT2D eigenvalue weighted by molar-refractivity contribution is 5.12. The lowest BCUT2D eigenvalue weighted by molar-refractivity contribution is 0.158. The van der Waals surface area contributed by atoms with E-state index in [1.54, 1.807) is 0 Å². The van der Waals surface area contributed by atoms with Gasteiger partial charge in [0, 0.05) is 18.3 Å². The van der Waals surface area contributed by atoms with E-state index in [-0.39, 0.29) is 0 Å². The van der Waals surface area contributed by atoms with Gasteiger partial charge in [-0.3, -0.25) is 9.88 Å². The molecular weight excluding hydrogens is 262 g/mol. The Balaban J connectivity index is 1.81. The van der Waals surface area contributed by atoms with Crippen molar-refractivity contribution in [3.63, 3.8) is 0 Å². The lowest BCUT2D eigenvalue weighted by atomic mass is 10.1. The molecule has 0 spiro atoms. The standard InChI is InChI=1S/C17H23N3O/c1-13-7-6-8-15(18-13)12-20-10-5-3-4-9-16(20)17-11-14(2)19-21-17/h6-8,11,16H,3-5,9-10,12H2,1-2H3/t16-/m0/s1. The third-order valence-electron chi connectivity index (χ3n) is 4.15. The molecule has 1 aliphatic heterocycles. The third kappa shape index (κ3) is 3.50. The van der Waals surface area contributed by atoms with Gasteiger partial charge >= 0.3 is 0 Å². The van der Waals surface area contributed by atoms with Gasteiger partial charge in [0.05, 0.1) is 17.4 Å². The number of nitrogens with zero attached hydrogens (tertiary/aromatic N) is 3. The molecule has 0 N–H and O–H groups in total. The lowest BCUT2D eigenvalue weighted by Crippen LogP contribution is -2.28. The van der Waals surface area contributed by atoms with Gasteiger partial charge in [0.25, 0.3) is 0 Å². The van der Waals surface area contributed by atoms with Crippen LogP contribution in [0.5, 0.6) is 0 Å². The number of rotatable bonds is 3. The minimum atomic E-state index is 0.330. The molecular formula is C17H23N3O. The van der Waals surface area contributed by atoms with Crippen LogP contribution in [0.25, 0.3) is 0 Å². The van der Waals surface area contributed by atoms with Gasteiger partial charge in [-0.05, 0) is 45.4 Å². The Morgan fingerprint density at radius 2 is 2.10 bits per heavy atom. The molecule has 0 saturated carbocycles. The first-order valence-corrected chi connectivity index (χ1v) is 7.82. The van der Waals surface area contributed by atoms with Crippen molar-refractivity contribution in [2.24, 2.45) is 0 Å². The van der Waals surface area contributed by atoms with Crippen molar-refractivity contribution in [3.05, 3.63) is 47.1 Å². The molecule has 1 fully saturated rings. The highest BCUT2D eigenvalue weighted by Gasteiger charge is 2.26. The molecule has 0 radical (unpaired) electrons. The molecule has 4 heteroatoms. The fraction of sp³-hybridized carbons (Fsp3) is 0.529. The molecule has 3 rings (SSSR count). The van der Waals surface area contributed by atoms with Crippen LogP contribution in [0.3, 0.4) is 0 Å². The predicted octanol–water partition coefficient (Wildman–Crippen LogP) is 3.80. The van der Waals surface area contributed by atoms with Gasteiger partial charge in [-0.2, -0.15) is 0 Å². The Bertz CT molecular complexity index is 593. The van der Waals surface area contributed by atoms with Gasteiger partial charge in [-0.1, -0.05) is 24.1 Å². The van der Waals surface area contributed by atoms with Crippen LogP contribution in [0.2, 0.25) is 0 Å².